The van der Waals surface area contributed by atoms with Crippen LogP contribution >= 0.6 is 0 Å². The number of rotatable bonds is 4. The minimum atomic E-state index is -0.235. The highest BCUT2D eigenvalue weighted by atomic mass is 16.3. The van der Waals surface area contributed by atoms with Crippen LogP contribution in [0.5, 0.6) is 0 Å². The molecule has 3 nitrogen and oxygen atoms in total. The summed E-state index contributed by atoms with van der Waals surface area (Å²) in [6.45, 7) is 13.9. The quantitative estimate of drug-likeness (QED) is 0.179. The van der Waals surface area contributed by atoms with Crippen LogP contribution in [-0.2, 0) is 10.8 Å². The Balaban J connectivity index is 1.10. The number of para-hydroxylation sites is 3. The molecule has 0 aliphatic heterocycles. The lowest BCUT2D eigenvalue weighted by Gasteiger charge is -2.31. The highest BCUT2D eigenvalue weighted by molar-refractivity contribution is 6.17. The Morgan fingerprint density at radius 2 is 0.881 bits per heavy atom. The molecule has 0 amide bonds. The maximum absolute atomic E-state index is 6.53. The number of hydrogen-bond acceptors (Lipinski definition) is 3. The number of benzene rings is 8. The maximum atomic E-state index is 6.53. The monoisotopic (exact) mass is 761 g/mol. The molecule has 0 atom stereocenters. The minimum absolute atomic E-state index is 0.235. The van der Waals surface area contributed by atoms with Crippen molar-refractivity contribution in [1.29, 1.82) is 0 Å². The first-order valence-electron chi connectivity index (χ1n) is 20.8. The second kappa shape index (κ2) is 11.9. The number of hydrogen-bond donors (Lipinski definition) is 0. The van der Waals surface area contributed by atoms with Crippen molar-refractivity contribution in [3.63, 3.8) is 0 Å². The predicted molar refractivity (Wildman–Crippen MR) is 246 cm³/mol. The average molecular weight is 762 g/mol. The molecule has 0 unspecified atom stereocenters. The molecule has 10 aromatic rings. The van der Waals surface area contributed by atoms with Crippen LogP contribution in [0, 0.1) is 13.8 Å². The Kier molecular flexibility index (Phi) is 6.88. The van der Waals surface area contributed by atoms with Crippen LogP contribution in [0.2, 0.25) is 0 Å². The molecule has 59 heavy (non-hydrogen) atoms. The summed E-state index contributed by atoms with van der Waals surface area (Å²) in [6.07, 6.45) is 0. The van der Waals surface area contributed by atoms with Gasteiger partial charge in [0.2, 0.25) is 0 Å². The fraction of sp³-hybridized carbons (Fsp3) is 0.143. The molecule has 0 bridgehead atoms. The van der Waals surface area contributed by atoms with Gasteiger partial charge in [-0.25, -0.2) is 0 Å². The van der Waals surface area contributed by atoms with Gasteiger partial charge in [0.15, 0.2) is 0 Å². The van der Waals surface area contributed by atoms with E-state index in [1.807, 2.05) is 0 Å². The van der Waals surface area contributed by atoms with E-state index in [1.54, 1.807) is 0 Å². The van der Waals surface area contributed by atoms with Gasteiger partial charge in [0.05, 0.1) is 5.69 Å². The van der Waals surface area contributed by atoms with Crippen molar-refractivity contribution >= 4 is 60.9 Å². The molecule has 2 heterocycles. The first-order valence-corrected chi connectivity index (χ1v) is 20.8. The van der Waals surface area contributed by atoms with E-state index in [2.05, 4.69) is 198 Å². The third-order valence-electron chi connectivity index (χ3n) is 13.7. The molecule has 8 aromatic carbocycles. The van der Waals surface area contributed by atoms with Crippen molar-refractivity contribution in [2.75, 3.05) is 4.90 Å². The van der Waals surface area contributed by atoms with Crippen molar-refractivity contribution in [3.05, 3.63) is 185 Å². The Morgan fingerprint density at radius 3 is 1.41 bits per heavy atom. The van der Waals surface area contributed by atoms with Crippen molar-refractivity contribution in [1.82, 2.24) is 0 Å². The molecule has 2 aliphatic carbocycles. The van der Waals surface area contributed by atoms with Crippen LogP contribution in [0.15, 0.2) is 160 Å². The van der Waals surface area contributed by atoms with Gasteiger partial charge in [0.25, 0.3) is 0 Å². The molecule has 284 valence electrons. The van der Waals surface area contributed by atoms with E-state index in [0.29, 0.717) is 0 Å². The smallest absolute Gasteiger partial charge is 0.138 e. The third kappa shape index (κ3) is 4.59. The van der Waals surface area contributed by atoms with Crippen LogP contribution in [0.1, 0.15) is 61.1 Å². The van der Waals surface area contributed by atoms with Gasteiger partial charge in [-0.15, -0.1) is 0 Å². The van der Waals surface area contributed by atoms with Crippen LogP contribution in [0.3, 0.4) is 0 Å². The summed E-state index contributed by atoms with van der Waals surface area (Å²) in [7, 11) is 0. The Hall–Kier alpha value is -6.84. The first kappa shape index (κ1) is 34.2. The van der Waals surface area contributed by atoms with Gasteiger partial charge in [-0.05, 0) is 118 Å². The molecule has 0 N–H and O–H groups in total. The van der Waals surface area contributed by atoms with E-state index in [0.717, 1.165) is 39.4 Å². The summed E-state index contributed by atoms with van der Waals surface area (Å²) >= 11 is 0. The SMILES string of the molecule is Cc1cc2c(c3c1oc1ccccc13)-c1ccc(N(c3ccc4c(c3)C(C)(C)c3cc(C)c5oc6ccccc6c5c3-4)c3ccccc3-c3ccccc3)cc1C2(C)C. The molecule has 3 heteroatoms. The molecule has 0 fully saturated rings. The van der Waals surface area contributed by atoms with Gasteiger partial charge in [0, 0.05) is 49.3 Å². The largest absolute Gasteiger partial charge is 0.456 e. The van der Waals surface area contributed by atoms with Crippen LogP contribution in [-0.4, -0.2) is 0 Å². The van der Waals surface area contributed by atoms with Crippen molar-refractivity contribution in [3.8, 4) is 33.4 Å². The lowest BCUT2D eigenvalue weighted by Crippen LogP contribution is -2.18. The second-order valence-electron chi connectivity index (χ2n) is 17.8. The first-order chi connectivity index (χ1) is 28.6. The highest BCUT2D eigenvalue weighted by Gasteiger charge is 2.41. The molecule has 12 rings (SSSR count). The van der Waals surface area contributed by atoms with Crippen LogP contribution in [0.4, 0.5) is 17.1 Å². The van der Waals surface area contributed by atoms with Gasteiger partial charge in [-0.1, -0.05) is 137 Å². The zero-order valence-corrected chi connectivity index (χ0v) is 34.2. The van der Waals surface area contributed by atoms with Crippen molar-refractivity contribution in [2.24, 2.45) is 0 Å². The molecule has 2 aromatic heterocycles. The second-order valence-corrected chi connectivity index (χ2v) is 17.8. The molecule has 0 spiro atoms. The summed E-state index contributed by atoms with van der Waals surface area (Å²) in [5.74, 6) is 0. The standard InChI is InChI=1S/C56H43NO2/c1-32-28-44-49(51-40-19-11-14-22-47(40)58-53(32)51)38-26-24-35(30-42(38)55(44,3)4)57(46-21-13-10-18-37(46)34-16-8-7-9-17-34)36-25-27-39-43(31-36)56(5,6)45-29-33(2)54-52(50(39)45)41-20-12-15-23-48(41)59-54/h7-31H,1-6H3. The van der Waals surface area contributed by atoms with Gasteiger partial charge in [-0.3, -0.25) is 0 Å². The Bertz CT molecular complexity index is 3220. The summed E-state index contributed by atoms with van der Waals surface area (Å²) in [5.41, 5.74) is 22.0. The molecule has 2 aliphatic rings. The lowest BCUT2D eigenvalue weighted by atomic mass is 9.81. The lowest BCUT2D eigenvalue weighted by molar-refractivity contribution is 0.654. The summed E-state index contributed by atoms with van der Waals surface area (Å²) < 4.78 is 13.1. The Labute approximate surface area is 344 Å². The van der Waals surface area contributed by atoms with Gasteiger partial charge >= 0.3 is 0 Å². The normalized spacial score (nSPS) is 14.5. The van der Waals surface area contributed by atoms with Crippen LogP contribution < -0.4 is 4.90 Å². The fourth-order valence-electron chi connectivity index (χ4n) is 10.7. The van der Waals surface area contributed by atoms with Gasteiger partial charge in [0.1, 0.15) is 22.3 Å². The maximum Gasteiger partial charge on any atom is 0.138 e. The summed E-state index contributed by atoms with van der Waals surface area (Å²) in [6, 6.07) is 55.6. The number of anilines is 3. The molecule has 0 radical (unpaired) electrons. The van der Waals surface area contributed by atoms with Crippen molar-refractivity contribution in [2.45, 2.75) is 52.4 Å². The number of nitrogens with zero attached hydrogens (tertiary/aromatic N) is 1. The fourth-order valence-corrected chi connectivity index (χ4v) is 10.7. The van der Waals surface area contributed by atoms with E-state index in [9.17, 15) is 0 Å². The minimum Gasteiger partial charge on any atom is -0.456 e. The number of aryl methyl sites for hydroxylation is 2. The zero-order chi connectivity index (χ0) is 39.9. The molecule has 0 saturated carbocycles. The average Bonchev–Trinajstić information content (AvgIpc) is 3.95. The number of furan rings is 2. The van der Waals surface area contributed by atoms with E-state index < -0.39 is 0 Å². The van der Waals surface area contributed by atoms with E-state index >= 15 is 0 Å². The zero-order valence-electron chi connectivity index (χ0n) is 34.2. The van der Waals surface area contributed by atoms with Gasteiger partial charge in [-0.2, -0.15) is 0 Å². The van der Waals surface area contributed by atoms with Gasteiger partial charge < -0.3 is 13.7 Å². The summed E-state index contributed by atoms with van der Waals surface area (Å²) in [4.78, 5) is 2.49. The molecular formula is C56H43NO2. The summed E-state index contributed by atoms with van der Waals surface area (Å²) in [5, 5.41) is 4.78. The van der Waals surface area contributed by atoms with Crippen molar-refractivity contribution < 1.29 is 8.83 Å². The van der Waals surface area contributed by atoms with E-state index in [4.69, 9.17) is 8.83 Å². The van der Waals surface area contributed by atoms with Crippen LogP contribution in [0.25, 0.3) is 77.3 Å². The Morgan fingerprint density at radius 1 is 0.424 bits per heavy atom. The number of fused-ring (bicyclic) bond motifs is 14. The van der Waals surface area contributed by atoms with E-state index in [1.165, 1.54) is 88.3 Å². The molecular weight excluding hydrogens is 719 g/mol. The third-order valence-corrected chi connectivity index (χ3v) is 13.7. The highest BCUT2D eigenvalue weighted by Crippen LogP contribution is 2.58. The molecule has 0 saturated heterocycles. The topological polar surface area (TPSA) is 29.5 Å². The van der Waals surface area contributed by atoms with E-state index in [-0.39, 0.29) is 10.8 Å². The predicted octanol–water partition coefficient (Wildman–Crippen LogP) is 15.9.